The maximum atomic E-state index is 14.3. The van der Waals surface area contributed by atoms with Crippen molar-refractivity contribution in [3.8, 4) is 23.0 Å². The number of methoxy groups -OCH3 is 2. The summed E-state index contributed by atoms with van der Waals surface area (Å²) in [6.45, 7) is 2.49. The number of nitrogens with zero attached hydrogens (tertiary/aromatic N) is 2. The molecule has 0 aliphatic heterocycles. The summed E-state index contributed by atoms with van der Waals surface area (Å²) in [6.07, 6.45) is 1.60. The Morgan fingerprint density at radius 2 is 1.72 bits per heavy atom. The van der Waals surface area contributed by atoms with E-state index in [1.54, 1.807) is 50.7 Å². The van der Waals surface area contributed by atoms with Gasteiger partial charge in [0.1, 0.15) is 5.75 Å². The third kappa shape index (κ3) is 3.42. The molecule has 0 atom stereocenters. The largest absolute Gasteiger partial charge is 0.493 e. The Morgan fingerprint density at radius 3 is 2.40 bits per heavy atom. The molecule has 0 saturated heterocycles. The normalized spacial score (nSPS) is 10.6. The zero-order valence-electron chi connectivity index (χ0n) is 14.2. The first-order valence-corrected chi connectivity index (χ1v) is 7.82. The first-order valence-electron chi connectivity index (χ1n) is 7.82. The van der Waals surface area contributed by atoms with Gasteiger partial charge in [0.2, 0.25) is 0 Å². The Balaban J connectivity index is 2.01. The molecule has 1 aromatic heterocycles. The van der Waals surface area contributed by atoms with Crippen molar-refractivity contribution in [2.75, 3.05) is 20.8 Å². The molecular formula is C19H18FN2O3. The van der Waals surface area contributed by atoms with Crippen LogP contribution in [-0.2, 0) is 0 Å². The van der Waals surface area contributed by atoms with Crippen molar-refractivity contribution in [1.29, 1.82) is 0 Å². The van der Waals surface area contributed by atoms with Gasteiger partial charge in [-0.15, -0.1) is 0 Å². The molecule has 6 heteroatoms. The van der Waals surface area contributed by atoms with Gasteiger partial charge in [-0.05, 0) is 31.2 Å². The molecule has 1 heterocycles. The maximum absolute atomic E-state index is 14.3. The minimum Gasteiger partial charge on any atom is -0.493 e. The molecule has 0 unspecified atom stereocenters. The molecule has 0 aliphatic rings. The van der Waals surface area contributed by atoms with Gasteiger partial charge >= 0.3 is 0 Å². The van der Waals surface area contributed by atoms with Gasteiger partial charge in [0, 0.05) is 30.3 Å². The molecule has 2 aromatic carbocycles. The van der Waals surface area contributed by atoms with Gasteiger partial charge in [0.15, 0.2) is 23.1 Å². The highest BCUT2D eigenvalue weighted by molar-refractivity contribution is 5.88. The molecule has 0 aliphatic carbocycles. The molecule has 0 N–H and O–H groups in total. The number of halogens is 1. The Morgan fingerprint density at radius 1 is 0.960 bits per heavy atom. The topological polar surface area (TPSA) is 54.7 Å². The first kappa shape index (κ1) is 16.8. The van der Waals surface area contributed by atoms with Gasteiger partial charge in [-0.2, -0.15) is 0 Å². The maximum Gasteiger partial charge on any atom is 0.167 e. The van der Waals surface area contributed by atoms with E-state index in [2.05, 4.69) is 10.3 Å². The lowest BCUT2D eigenvalue weighted by atomic mass is 10.2. The lowest BCUT2D eigenvalue weighted by molar-refractivity contribution is 0.355. The van der Waals surface area contributed by atoms with E-state index in [0.717, 1.165) is 0 Å². The molecule has 1 radical (unpaired) electrons. The highest BCUT2D eigenvalue weighted by Gasteiger charge is 2.13. The van der Waals surface area contributed by atoms with Crippen LogP contribution in [0.1, 0.15) is 6.92 Å². The smallest absolute Gasteiger partial charge is 0.167 e. The van der Waals surface area contributed by atoms with Gasteiger partial charge in [-0.1, -0.05) is 0 Å². The minimum absolute atomic E-state index is 0.123. The van der Waals surface area contributed by atoms with Crippen LogP contribution in [0.4, 0.5) is 10.1 Å². The molecule has 5 nitrogen and oxygen atoms in total. The average molecular weight is 341 g/mol. The summed E-state index contributed by atoms with van der Waals surface area (Å²) in [6, 6.07) is 9.82. The number of hydrogen-bond donors (Lipinski definition) is 0. The molecule has 0 saturated carbocycles. The van der Waals surface area contributed by atoms with Crippen LogP contribution < -0.4 is 19.5 Å². The van der Waals surface area contributed by atoms with Crippen molar-refractivity contribution >= 4 is 16.6 Å². The monoisotopic (exact) mass is 341 g/mol. The fourth-order valence-corrected chi connectivity index (χ4v) is 2.51. The number of pyridine rings is 1. The van der Waals surface area contributed by atoms with E-state index in [1.165, 1.54) is 6.07 Å². The summed E-state index contributed by atoms with van der Waals surface area (Å²) >= 11 is 0. The molecular weight excluding hydrogens is 323 g/mol. The molecule has 0 fully saturated rings. The van der Waals surface area contributed by atoms with Crippen LogP contribution >= 0.6 is 0 Å². The lowest BCUT2D eigenvalue weighted by Gasteiger charge is -2.13. The van der Waals surface area contributed by atoms with Crippen molar-refractivity contribution in [2.45, 2.75) is 6.92 Å². The van der Waals surface area contributed by atoms with Crippen molar-refractivity contribution in [1.82, 2.24) is 10.3 Å². The predicted octanol–water partition coefficient (Wildman–Crippen LogP) is 4.44. The second-order valence-electron chi connectivity index (χ2n) is 5.22. The van der Waals surface area contributed by atoms with E-state index in [9.17, 15) is 4.39 Å². The van der Waals surface area contributed by atoms with E-state index < -0.39 is 5.82 Å². The quantitative estimate of drug-likeness (QED) is 0.665. The summed E-state index contributed by atoms with van der Waals surface area (Å²) in [5.74, 6) is 1.24. The summed E-state index contributed by atoms with van der Waals surface area (Å²) in [5.41, 5.74) is 1.24. The van der Waals surface area contributed by atoms with Crippen molar-refractivity contribution < 1.29 is 18.6 Å². The number of benzene rings is 2. The van der Waals surface area contributed by atoms with Crippen LogP contribution in [0.2, 0.25) is 0 Å². The minimum atomic E-state index is -0.472. The fraction of sp³-hybridized carbons (Fsp3) is 0.211. The number of aromatic nitrogens is 1. The SMILES string of the molecule is CC[N]c1ccc(Oc2ccnc3cc(OC)c(OC)cc23)c(F)c1. The number of fused-ring (bicyclic) bond motifs is 1. The predicted molar refractivity (Wildman–Crippen MR) is 93.7 cm³/mol. The number of ether oxygens (including phenoxy) is 3. The molecule has 3 aromatic rings. The van der Waals surface area contributed by atoms with E-state index in [1.807, 2.05) is 6.92 Å². The molecule has 25 heavy (non-hydrogen) atoms. The van der Waals surface area contributed by atoms with Crippen LogP contribution in [0, 0.1) is 5.82 Å². The number of rotatable bonds is 6. The Labute approximate surface area is 145 Å². The Hall–Kier alpha value is -3.02. The zero-order chi connectivity index (χ0) is 17.8. The van der Waals surface area contributed by atoms with Crippen LogP contribution in [0.5, 0.6) is 23.0 Å². The highest BCUT2D eigenvalue weighted by atomic mass is 19.1. The standard InChI is InChI=1S/C19H18FN2O3/c1-4-21-12-5-6-17(14(20)9-12)25-16-7-8-22-15-11-19(24-3)18(23-2)10-13(15)16/h5-11H,4H2,1-3H3. The second kappa shape index (κ2) is 7.25. The Bertz CT molecular complexity index is 899. The average Bonchev–Trinajstić information content (AvgIpc) is 2.63. The summed E-state index contributed by atoms with van der Waals surface area (Å²) in [4.78, 5) is 4.30. The highest BCUT2D eigenvalue weighted by Crippen LogP contribution is 2.37. The third-order valence-electron chi connectivity index (χ3n) is 3.68. The van der Waals surface area contributed by atoms with Gasteiger partial charge in [-0.3, -0.25) is 10.3 Å². The number of hydrogen-bond acceptors (Lipinski definition) is 4. The molecule has 129 valence electrons. The fourth-order valence-electron chi connectivity index (χ4n) is 2.51. The van der Waals surface area contributed by atoms with E-state index in [-0.39, 0.29) is 5.75 Å². The van der Waals surface area contributed by atoms with Gasteiger partial charge < -0.3 is 14.2 Å². The third-order valence-corrected chi connectivity index (χ3v) is 3.68. The van der Waals surface area contributed by atoms with Crippen molar-refractivity contribution in [2.24, 2.45) is 0 Å². The van der Waals surface area contributed by atoms with Crippen LogP contribution in [0.15, 0.2) is 42.6 Å². The van der Waals surface area contributed by atoms with Gasteiger partial charge in [0.25, 0.3) is 0 Å². The van der Waals surface area contributed by atoms with Gasteiger partial charge in [0.05, 0.1) is 25.4 Å². The molecule has 0 spiro atoms. The summed E-state index contributed by atoms with van der Waals surface area (Å²) in [5, 5.41) is 4.87. The molecule has 0 bridgehead atoms. The van der Waals surface area contributed by atoms with Crippen molar-refractivity contribution in [3.63, 3.8) is 0 Å². The van der Waals surface area contributed by atoms with Crippen molar-refractivity contribution in [3.05, 3.63) is 48.4 Å². The van der Waals surface area contributed by atoms with Crippen LogP contribution in [-0.4, -0.2) is 25.7 Å². The first-order chi connectivity index (χ1) is 12.2. The van der Waals surface area contributed by atoms with Gasteiger partial charge in [-0.25, -0.2) is 4.39 Å². The van der Waals surface area contributed by atoms with Crippen LogP contribution in [0.3, 0.4) is 0 Å². The zero-order valence-corrected chi connectivity index (χ0v) is 14.2. The molecule has 0 amide bonds. The summed E-state index contributed by atoms with van der Waals surface area (Å²) < 4.78 is 30.7. The Kier molecular flexibility index (Phi) is 4.88. The van der Waals surface area contributed by atoms with E-state index in [0.29, 0.717) is 40.4 Å². The van der Waals surface area contributed by atoms with Crippen LogP contribution in [0.25, 0.3) is 10.9 Å². The lowest BCUT2D eigenvalue weighted by Crippen LogP contribution is -1.97. The molecule has 3 rings (SSSR count). The second-order valence-corrected chi connectivity index (χ2v) is 5.22. The summed E-state index contributed by atoms with van der Waals surface area (Å²) in [7, 11) is 3.11. The van der Waals surface area contributed by atoms with E-state index in [4.69, 9.17) is 14.2 Å². The van der Waals surface area contributed by atoms with E-state index >= 15 is 0 Å².